The SMILES string of the molecule is Nc1ncccc1-c1nccc(NCc2ncccc2C(F)(F)F)n1. The molecule has 0 bridgehead atoms. The number of rotatable bonds is 4. The molecule has 0 saturated heterocycles. The van der Waals surface area contributed by atoms with Gasteiger partial charge in [-0.25, -0.2) is 15.0 Å². The van der Waals surface area contributed by atoms with Crippen LogP contribution in [0.1, 0.15) is 11.3 Å². The molecule has 3 aromatic heterocycles. The summed E-state index contributed by atoms with van der Waals surface area (Å²) in [5, 5.41) is 2.83. The van der Waals surface area contributed by atoms with Crippen LogP contribution in [0.2, 0.25) is 0 Å². The van der Waals surface area contributed by atoms with Gasteiger partial charge in [-0.3, -0.25) is 4.98 Å². The molecule has 0 unspecified atom stereocenters. The largest absolute Gasteiger partial charge is 0.418 e. The van der Waals surface area contributed by atoms with E-state index in [4.69, 9.17) is 5.73 Å². The highest BCUT2D eigenvalue weighted by Gasteiger charge is 2.33. The first-order valence-corrected chi connectivity index (χ1v) is 7.24. The predicted octanol–water partition coefficient (Wildman–Crippen LogP) is 3.15. The van der Waals surface area contributed by atoms with Gasteiger partial charge in [0, 0.05) is 18.6 Å². The lowest BCUT2D eigenvalue weighted by Crippen LogP contribution is -2.14. The van der Waals surface area contributed by atoms with Gasteiger partial charge in [0.15, 0.2) is 5.82 Å². The van der Waals surface area contributed by atoms with E-state index in [1.807, 2.05) is 0 Å². The van der Waals surface area contributed by atoms with E-state index in [-0.39, 0.29) is 18.1 Å². The number of hydrogen-bond donors (Lipinski definition) is 2. The van der Waals surface area contributed by atoms with Crippen molar-refractivity contribution in [2.75, 3.05) is 11.1 Å². The molecule has 25 heavy (non-hydrogen) atoms. The first kappa shape index (κ1) is 16.6. The molecule has 0 saturated carbocycles. The van der Waals surface area contributed by atoms with Crippen molar-refractivity contribution in [2.24, 2.45) is 0 Å². The first-order chi connectivity index (χ1) is 11.9. The van der Waals surface area contributed by atoms with Crippen molar-refractivity contribution < 1.29 is 13.2 Å². The van der Waals surface area contributed by atoms with Crippen molar-refractivity contribution >= 4 is 11.6 Å². The molecule has 3 rings (SSSR count). The second-order valence-electron chi connectivity index (χ2n) is 5.05. The molecule has 9 heteroatoms. The van der Waals surface area contributed by atoms with Crippen molar-refractivity contribution in [3.8, 4) is 11.4 Å². The van der Waals surface area contributed by atoms with E-state index in [0.717, 1.165) is 6.07 Å². The molecule has 3 N–H and O–H groups in total. The smallest absolute Gasteiger partial charge is 0.383 e. The summed E-state index contributed by atoms with van der Waals surface area (Å²) in [5.74, 6) is 0.948. The maximum atomic E-state index is 13.0. The normalized spacial score (nSPS) is 11.3. The molecule has 0 aliphatic rings. The molecule has 3 heterocycles. The zero-order chi connectivity index (χ0) is 17.9. The van der Waals surface area contributed by atoms with Crippen molar-refractivity contribution in [1.82, 2.24) is 19.9 Å². The quantitative estimate of drug-likeness (QED) is 0.754. The number of nitrogens with one attached hydrogen (secondary N) is 1. The number of halogens is 3. The summed E-state index contributed by atoms with van der Waals surface area (Å²) in [6, 6.07) is 7.19. The summed E-state index contributed by atoms with van der Waals surface area (Å²) < 4.78 is 39.0. The topological polar surface area (TPSA) is 89.6 Å². The molecular formula is C16H13F3N6. The van der Waals surface area contributed by atoms with Gasteiger partial charge >= 0.3 is 6.18 Å². The number of nitrogens with zero attached hydrogens (tertiary/aromatic N) is 4. The molecular weight excluding hydrogens is 333 g/mol. The minimum Gasteiger partial charge on any atom is -0.383 e. The van der Waals surface area contributed by atoms with Gasteiger partial charge in [0.1, 0.15) is 11.6 Å². The Balaban J connectivity index is 1.82. The fourth-order valence-corrected chi connectivity index (χ4v) is 2.20. The molecule has 128 valence electrons. The Kier molecular flexibility index (Phi) is 4.46. The molecule has 3 aromatic rings. The molecule has 0 fully saturated rings. The van der Waals surface area contributed by atoms with E-state index < -0.39 is 11.7 Å². The van der Waals surface area contributed by atoms with Crippen molar-refractivity contribution in [3.63, 3.8) is 0 Å². The maximum Gasteiger partial charge on any atom is 0.418 e. The Morgan fingerprint density at radius 1 is 0.960 bits per heavy atom. The lowest BCUT2D eigenvalue weighted by atomic mass is 10.2. The molecule has 0 aliphatic heterocycles. The Morgan fingerprint density at radius 2 is 1.72 bits per heavy atom. The number of alkyl halides is 3. The third kappa shape index (κ3) is 3.82. The number of nitrogens with two attached hydrogens (primary N) is 1. The van der Waals surface area contributed by atoms with E-state index in [9.17, 15) is 13.2 Å². The Morgan fingerprint density at radius 3 is 2.48 bits per heavy atom. The number of pyridine rings is 2. The number of aromatic nitrogens is 4. The maximum absolute atomic E-state index is 13.0. The summed E-state index contributed by atoms with van der Waals surface area (Å²) in [7, 11) is 0. The van der Waals surface area contributed by atoms with E-state index in [2.05, 4.69) is 25.3 Å². The van der Waals surface area contributed by atoms with E-state index in [0.29, 0.717) is 17.2 Å². The Labute approximate surface area is 141 Å². The molecule has 0 radical (unpaired) electrons. The van der Waals surface area contributed by atoms with E-state index >= 15 is 0 Å². The summed E-state index contributed by atoms with van der Waals surface area (Å²) in [6.07, 6.45) is -0.124. The van der Waals surface area contributed by atoms with Gasteiger partial charge in [0.25, 0.3) is 0 Å². The summed E-state index contributed by atoms with van der Waals surface area (Å²) in [6.45, 7) is -0.130. The van der Waals surface area contributed by atoms with Crippen LogP contribution in [0.4, 0.5) is 24.8 Å². The first-order valence-electron chi connectivity index (χ1n) is 7.24. The Hall–Kier alpha value is -3.23. The van der Waals surface area contributed by atoms with Crippen LogP contribution >= 0.6 is 0 Å². The summed E-state index contributed by atoms with van der Waals surface area (Å²) >= 11 is 0. The summed E-state index contributed by atoms with van der Waals surface area (Å²) in [4.78, 5) is 16.1. The molecule has 6 nitrogen and oxygen atoms in total. The van der Waals surface area contributed by atoms with Crippen LogP contribution in [0.5, 0.6) is 0 Å². The molecule has 0 aromatic carbocycles. The monoisotopic (exact) mass is 346 g/mol. The minimum absolute atomic E-state index is 0.115. The fourth-order valence-electron chi connectivity index (χ4n) is 2.20. The van der Waals surface area contributed by atoms with E-state index in [1.165, 1.54) is 18.5 Å². The van der Waals surface area contributed by atoms with Gasteiger partial charge in [-0.05, 0) is 30.3 Å². The Bertz CT molecular complexity index is 881. The number of hydrogen-bond acceptors (Lipinski definition) is 6. The van der Waals surface area contributed by atoms with E-state index in [1.54, 1.807) is 24.4 Å². The molecule has 0 atom stereocenters. The third-order valence-corrected chi connectivity index (χ3v) is 3.37. The van der Waals surface area contributed by atoms with Crippen molar-refractivity contribution in [1.29, 1.82) is 0 Å². The van der Waals surface area contributed by atoms with Gasteiger partial charge in [-0.2, -0.15) is 13.2 Å². The predicted molar refractivity (Wildman–Crippen MR) is 86.2 cm³/mol. The van der Waals surface area contributed by atoms with Gasteiger partial charge in [-0.15, -0.1) is 0 Å². The van der Waals surface area contributed by atoms with Crippen LogP contribution in [0.25, 0.3) is 11.4 Å². The average Bonchev–Trinajstić information content (AvgIpc) is 2.60. The van der Waals surface area contributed by atoms with Gasteiger partial charge in [0.2, 0.25) is 0 Å². The van der Waals surface area contributed by atoms with Crippen LogP contribution in [0.15, 0.2) is 48.9 Å². The standard InChI is InChI=1S/C16H13F3N6/c17-16(18,19)11-4-2-6-21-12(11)9-24-13-5-8-23-15(25-13)10-3-1-7-22-14(10)20/h1-8H,9H2,(H2,20,22)(H,23,24,25). The van der Waals surface area contributed by atoms with Crippen molar-refractivity contribution in [2.45, 2.75) is 12.7 Å². The minimum atomic E-state index is -4.47. The second kappa shape index (κ2) is 6.71. The third-order valence-electron chi connectivity index (χ3n) is 3.37. The fraction of sp³-hybridized carbons (Fsp3) is 0.125. The lowest BCUT2D eigenvalue weighted by Gasteiger charge is -2.12. The van der Waals surface area contributed by atoms with Gasteiger partial charge in [-0.1, -0.05) is 0 Å². The number of anilines is 2. The molecule has 0 spiro atoms. The zero-order valence-electron chi connectivity index (χ0n) is 12.8. The molecule has 0 amide bonds. The number of nitrogen functional groups attached to an aromatic ring is 1. The van der Waals surface area contributed by atoms with Gasteiger partial charge < -0.3 is 11.1 Å². The lowest BCUT2D eigenvalue weighted by molar-refractivity contribution is -0.138. The highest BCUT2D eigenvalue weighted by atomic mass is 19.4. The highest BCUT2D eigenvalue weighted by molar-refractivity contribution is 5.68. The highest BCUT2D eigenvalue weighted by Crippen LogP contribution is 2.31. The zero-order valence-corrected chi connectivity index (χ0v) is 12.8. The van der Waals surface area contributed by atoms with Gasteiger partial charge in [0.05, 0.1) is 23.4 Å². The van der Waals surface area contributed by atoms with Crippen LogP contribution in [-0.2, 0) is 12.7 Å². The van der Waals surface area contributed by atoms with Crippen LogP contribution in [0.3, 0.4) is 0 Å². The summed E-state index contributed by atoms with van der Waals surface area (Å²) in [5.41, 5.74) is 5.43. The van der Waals surface area contributed by atoms with Crippen LogP contribution in [-0.4, -0.2) is 19.9 Å². The second-order valence-corrected chi connectivity index (χ2v) is 5.05. The van der Waals surface area contributed by atoms with Crippen LogP contribution in [0, 0.1) is 0 Å². The average molecular weight is 346 g/mol. The van der Waals surface area contributed by atoms with Crippen molar-refractivity contribution in [3.05, 3.63) is 60.2 Å². The van der Waals surface area contributed by atoms with Crippen LogP contribution < -0.4 is 11.1 Å². The molecule has 0 aliphatic carbocycles.